The standard InChI is InChI=1S/C18H25BrN2O2S/c1-13(2)8-11-23-16-7-6-14(19)12-15(16)17(22)20-18(24)21-9-4-3-5-10-21/h6-7,12-13H,3-5,8-11H2,1-2H3,(H,20,22,24). The van der Waals surface area contributed by atoms with Crippen molar-refractivity contribution in [2.75, 3.05) is 19.7 Å². The maximum atomic E-state index is 12.6. The molecule has 1 aliphatic rings. The van der Waals surface area contributed by atoms with E-state index in [1.165, 1.54) is 6.42 Å². The molecule has 0 saturated carbocycles. The molecule has 1 aromatic rings. The lowest BCUT2D eigenvalue weighted by Gasteiger charge is -2.29. The third-order valence-corrected chi connectivity index (χ3v) is 4.86. The zero-order valence-corrected chi connectivity index (χ0v) is 16.7. The number of nitrogens with zero attached hydrogens (tertiary/aromatic N) is 1. The first-order valence-corrected chi connectivity index (χ1v) is 9.70. The Labute approximate surface area is 158 Å². The molecule has 0 spiro atoms. The van der Waals surface area contributed by atoms with Gasteiger partial charge in [-0.2, -0.15) is 0 Å². The molecule has 1 heterocycles. The number of amides is 1. The molecule has 132 valence electrons. The largest absolute Gasteiger partial charge is 0.493 e. The summed E-state index contributed by atoms with van der Waals surface area (Å²) in [7, 11) is 0. The van der Waals surface area contributed by atoms with Crippen molar-refractivity contribution in [1.82, 2.24) is 10.2 Å². The molecular weight excluding hydrogens is 388 g/mol. The van der Waals surface area contributed by atoms with E-state index in [2.05, 4.69) is 40.0 Å². The number of carbonyl (C=O) groups excluding carboxylic acids is 1. The van der Waals surface area contributed by atoms with E-state index in [1.54, 1.807) is 6.07 Å². The van der Waals surface area contributed by atoms with Gasteiger partial charge >= 0.3 is 0 Å². The average molecular weight is 413 g/mol. The molecule has 4 nitrogen and oxygen atoms in total. The number of halogens is 1. The molecule has 1 saturated heterocycles. The van der Waals surface area contributed by atoms with Gasteiger partial charge in [-0.25, -0.2) is 0 Å². The first-order chi connectivity index (χ1) is 11.5. The number of hydrogen-bond acceptors (Lipinski definition) is 3. The van der Waals surface area contributed by atoms with Crippen LogP contribution in [0.3, 0.4) is 0 Å². The Bertz CT molecular complexity index is 586. The fourth-order valence-corrected chi connectivity index (χ4v) is 3.19. The van der Waals surface area contributed by atoms with Crippen LogP contribution in [0.5, 0.6) is 5.75 Å². The number of ether oxygens (including phenoxy) is 1. The van der Waals surface area contributed by atoms with Gasteiger partial charge in [-0.05, 0) is 62.0 Å². The van der Waals surface area contributed by atoms with Crippen molar-refractivity contribution in [2.45, 2.75) is 39.5 Å². The smallest absolute Gasteiger partial charge is 0.261 e. The molecule has 1 aromatic carbocycles. The predicted molar refractivity (Wildman–Crippen MR) is 105 cm³/mol. The fraction of sp³-hybridized carbons (Fsp3) is 0.556. The Morgan fingerprint density at radius 3 is 2.71 bits per heavy atom. The fourth-order valence-electron chi connectivity index (χ4n) is 2.55. The molecule has 0 unspecified atom stereocenters. The van der Waals surface area contributed by atoms with Gasteiger partial charge in [0.2, 0.25) is 0 Å². The molecular formula is C18H25BrN2O2S. The van der Waals surface area contributed by atoms with Gasteiger partial charge < -0.3 is 9.64 Å². The second-order valence-electron chi connectivity index (χ2n) is 6.48. The molecule has 0 bridgehead atoms. The van der Waals surface area contributed by atoms with Crippen LogP contribution in [-0.2, 0) is 0 Å². The van der Waals surface area contributed by atoms with E-state index in [9.17, 15) is 4.79 Å². The maximum absolute atomic E-state index is 12.6. The Balaban J connectivity index is 2.03. The number of hydrogen-bond donors (Lipinski definition) is 1. The molecule has 24 heavy (non-hydrogen) atoms. The van der Waals surface area contributed by atoms with Crippen LogP contribution in [0.15, 0.2) is 22.7 Å². The summed E-state index contributed by atoms with van der Waals surface area (Å²) >= 11 is 8.81. The quantitative estimate of drug-likeness (QED) is 0.728. The Kier molecular flexibility index (Phi) is 7.49. The second kappa shape index (κ2) is 9.37. The summed E-state index contributed by atoms with van der Waals surface area (Å²) in [6.45, 7) is 6.71. The molecule has 1 N–H and O–H groups in total. The van der Waals surface area contributed by atoms with E-state index in [0.29, 0.717) is 29.0 Å². The highest BCUT2D eigenvalue weighted by atomic mass is 79.9. The number of carbonyl (C=O) groups is 1. The third kappa shape index (κ3) is 5.74. The first kappa shape index (κ1) is 19.2. The maximum Gasteiger partial charge on any atom is 0.261 e. The number of thiocarbonyl (C=S) groups is 1. The van der Waals surface area contributed by atoms with Crippen molar-refractivity contribution < 1.29 is 9.53 Å². The number of piperidine rings is 1. The van der Waals surface area contributed by atoms with Crippen molar-refractivity contribution >= 4 is 39.2 Å². The van der Waals surface area contributed by atoms with Gasteiger partial charge in [0.25, 0.3) is 5.91 Å². The van der Waals surface area contributed by atoms with Crippen molar-refractivity contribution in [3.05, 3.63) is 28.2 Å². The molecule has 1 fully saturated rings. The molecule has 2 rings (SSSR count). The van der Waals surface area contributed by atoms with Crippen molar-refractivity contribution in [3.8, 4) is 5.75 Å². The SMILES string of the molecule is CC(C)CCOc1ccc(Br)cc1C(=O)NC(=S)N1CCCCC1. The van der Waals surface area contributed by atoms with Crippen molar-refractivity contribution in [3.63, 3.8) is 0 Å². The minimum absolute atomic E-state index is 0.216. The Morgan fingerprint density at radius 2 is 2.04 bits per heavy atom. The summed E-state index contributed by atoms with van der Waals surface area (Å²) in [6.07, 6.45) is 4.42. The molecule has 0 radical (unpaired) electrons. The van der Waals surface area contributed by atoms with E-state index in [0.717, 1.165) is 36.8 Å². The van der Waals surface area contributed by atoms with Crippen LogP contribution in [0.4, 0.5) is 0 Å². The van der Waals surface area contributed by atoms with E-state index >= 15 is 0 Å². The van der Waals surface area contributed by atoms with Crippen molar-refractivity contribution in [2.24, 2.45) is 5.92 Å². The van der Waals surface area contributed by atoms with Crippen LogP contribution < -0.4 is 10.1 Å². The average Bonchev–Trinajstić information content (AvgIpc) is 2.56. The summed E-state index contributed by atoms with van der Waals surface area (Å²) in [6, 6.07) is 5.48. The van der Waals surface area contributed by atoms with Gasteiger partial charge in [-0.1, -0.05) is 29.8 Å². The highest BCUT2D eigenvalue weighted by Gasteiger charge is 2.19. The van der Waals surface area contributed by atoms with Crippen LogP contribution in [-0.4, -0.2) is 35.6 Å². The summed E-state index contributed by atoms with van der Waals surface area (Å²) in [5, 5.41) is 3.36. The predicted octanol–water partition coefficient (Wildman–Crippen LogP) is 4.37. The molecule has 0 atom stereocenters. The molecule has 1 aliphatic heterocycles. The van der Waals surface area contributed by atoms with E-state index in [1.807, 2.05) is 12.1 Å². The zero-order chi connectivity index (χ0) is 17.5. The Hall–Kier alpha value is -1.14. The summed E-state index contributed by atoms with van der Waals surface area (Å²) in [5.74, 6) is 0.939. The minimum atomic E-state index is -0.216. The normalized spacial score (nSPS) is 14.6. The third-order valence-electron chi connectivity index (χ3n) is 4.00. The van der Waals surface area contributed by atoms with Gasteiger partial charge in [-0.15, -0.1) is 0 Å². The van der Waals surface area contributed by atoms with Crippen LogP contribution in [0, 0.1) is 5.92 Å². The summed E-state index contributed by atoms with van der Waals surface area (Å²) < 4.78 is 6.65. The summed E-state index contributed by atoms with van der Waals surface area (Å²) in [5.41, 5.74) is 0.507. The highest BCUT2D eigenvalue weighted by Crippen LogP contribution is 2.24. The monoisotopic (exact) mass is 412 g/mol. The molecule has 1 amide bonds. The number of rotatable bonds is 5. The van der Waals surface area contributed by atoms with Crippen molar-refractivity contribution in [1.29, 1.82) is 0 Å². The van der Waals surface area contributed by atoms with Gasteiger partial charge in [-0.3, -0.25) is 10.1 Å². The lowest BCUT2D eigenvalue weighted by atomic mass is 10.1. The van der Waals surface area contributed by atoms with Crippen LogP contribution in [0.2, 0.25) is 0 Å². The Morgan fingerprint density at radius 1 is 1.33 bits per heavy atom. The number of likely N-dealkylation sites (tertiary alicyclic amines) is 1. The van der Waals surface area contributed by atoms with Gasteiger partial charge in [0.15, 0.2) is 5.11 Å². The summed E-state index contributed by atoms with van der Waals surface area (Å²) in [4.78, 5) is 14.7. The minimum Gasteiger partial charge on any atom is -0.493 e. The van der Waals surface area contributed by atoms with Gasteiger partial charge in [0.05, 0.1) is 12.2 Å². The first-order valence-electron chi connectivity index (χ1n) is 8.50. The topological polar surface area (TPSA) is 41.6 Å². The van der Waals surface area contributed by atoms with E-state index in [4.69, 9.17) is 17.0 Å². The lowest BCUT2D eigenvalue weighted by molar-refractivity contribution is 0.0968. The van der Waals surface area contributed by atoms with Gasteiger partial charge in [0.1, 0.15) is 5.75 Å². The van der Waals surface area contributed by atoms with Crippen LogP contribution >= 0.6 is 28.1 Å². The highest BCUT2D eigenvalue weighted by molar-refractivity contribution is 9.10. The van der Waals surface area contributed by atoms with E-state index < -0.39 is 0 Å². The number of nitrogens with one attached hydrogen (secondary N) is 1. The van der Waals surface area contributed by atoms with Crippen LogP contribution in [0.25, 0.3) is 0 Å². The van der Waals surface area contributed by atoms with E-state index in [-0.39, 0.29) is 5.91 Å². The zero-order valence-electron chi connectivity index (χ0n) is 14.3. The van der Waals surface area contributed by atoms with Crippen LogP contribution in [0.1, 0.15) is 49.9 Å². The lowest BCUT2D eigenvalue weighted by Crippen LogP contribution is -2.45. The van der Waals surface area contributed by atoms with Gasteiger partial charge in [0, 0.05) is 17.6 Å². The molecule has 6 heteroatoms. The molecule has 0 aromatic heterocycles. The molecule has 0 aliphatic carbocycles. The number of benzene rings is 1. The second-order valence-corrected chi connectivity index (χ2v) is 7.78.